The summed E-state index contributed by atoms with van der Waals surface area (Å²) in [6.07, 6.45) is 3.13. The Morgan fingerprint density at radius 3 is 2.71 bits per heavy atom. The van der Waals surface area contributed by atoms with Crippen LogP contribution in [0.5, 0.6) is 0 Å². The summed E-state index contributed by atoms with van der Waals surface area (Å²) in [5, 5.41) is 3.33. The SMILES string of the molecule is C=CC(=O)N1Cc2ccc(Nc3ccnc(C(C)(C)C)n3)cc2C1. The summed E-state index contributed by atoms with van der Waals surface area (Å²) in [4.78, 5) is 22.5. The van der Waals surface area contributed by atoms with E-state index in [9.17, 15) is 4.79 Å². The largest absolute Gasteiger partial charge is 0.340 e. The highest BCUT2D eigenvalue weighted by Crippen LogP contribution is 2.27. The number of hydrogen-bond acceptors (Lipinski definition) is 4. The minimum atomic E-state index is -0.0961. The molecule has 0 radical (unpaired) electrons. The molecule has 0 spiro atoms. The molecule has 5 heteroatoms. The monoisotopic (exact) mass is 322 g/mol. The van der Waals surface area contributed by atoms with Gasteiger partial charge in [-0.15, -0.1) is 0 Å². The van der Waals surface area contributed by atoms with E-state index in [2.05, 4.69) is 54.8 Å². The lowest BCUT2D eigenvalue weighted by Crippen LogP contribution is -2.22. The van der Waals surface area contributed by atoms with Crippen LogP contribution in [0.4, 0.5) is 11.5 Å². The van der Waals surface area contributed by atoms with Crippen molar-refractivity contribution in [1.29, 1.82) is 0 Å². The lowest BCUT2D eigenvalue weighted by atomic mass is 9.96. The van der Waals surface area contributed by atoms with Gasteiger partial charge in [-0.3, -0.25) is 4.79 Å². The smallest absolute Gasteiger partial charge is 0.246 e. The third kappa shape index (κ3) is 3.30. The minimum Gasteiger partial charge on any atom is -0.340 e. The average molecular weight is 322 g/mol. The molecule has 0 unspecified atom stereocenters. The molecular weight excluding hydrogens is 300 g/mol. The van der Waals surface area contributed by atoms with E-state index >= 15 is 0 Å². The molecule has 0 aliphatic carbocycles. The third-order valence-corrected chi connectivity index (χ3v) is 4.01. The van der Waals surface area contributed by atoms with Gasteiger partial charge in [0.15, 0.2) is 0 Å². The van der Waals surface area contributed by atoms with Gasteiger partial charge in [-0.2, -0.15) is 0 Å². The molecule has 1 aliphatic rings. The van der Waals surface area contributed by atoms with Crippen molar-refractivity contribution in [3.8, 4) is 0 Å². The molecule has 0 bridgehead atoms. The zero-order valence-corrected chi connectivity index (χ0v) is 14.3. The van der Waals surface area contributed by atoms with Crippen LogP contribution < -0.4 is 5.32 Å². The minimum absolute atomic E-state index is 0.0358. The van der Waals surface area contributed by atoms with Crippen LogP contribution in [0.2, 0.25) is 0 Å². The Labute approximate surface area is 142 Å². The normalized spacial score (nSPS) is 13.5. The van der Waals surface area contributed by atoms with Crippen molar-refractivity contribution < 1.29 is 4.79 Å². The standard InChI is InChI=1S/C19H22N4O/c1-5-17(24)23-11-13-6-7-15(10-14(13)12-23)21-16-8-9-20-18(22-16)19(2,3)4/h5-10H,1,11-12H2,2-4H3,(H,20,21,22). The second-order valence-electron chi connectivity index (χ2n) is 7.02. The third-order valence-electron chi connectivity index (χ3n) is 4.01. The summed E-state index contributed by atoms with van der Waals surface area (Å²) in [6.45, 7) is 11.1. The topological polar surface area (TPSA) is 58.1 Å². The number of rotatable bonds is 3. The van der Waals surface area contributed by atoms with Crippen molar-refractivity contribution in [2.24, 2.45) is 0 Å². The maximum atomic E-state index is 11.8. The first-order valence-corrected chi connectivity index (χ1v) is 8.00. The zero-order chi connectivity index (χ0) is 17.3. The molecule has 2 aromatic rings. The molecule has 1 N–H and O–H groups in total. The molecule has 1 aliphatic heterocycles. The Morgan fingerprint density at radius 2 is 2.00 bits per heavy atom. The van der Waals surface area contributed by atoms with Crippen LogP contribution in [0.25, 0.3) is 0 Å². The first-order valence-electron chi connectivity index (χ1n) is 8.00. The molecule has 1 aromatic carbocycles. The fourth-order valence-corrected chi connectivity index (χ4v) is 2.69. The Kier molecular flexibility index (Phi) is 4.09. The number of hydrogen-bond donors (Lipinski definition) is 1. The van der Waals surface area contributed by atoms with E-state index in [4.69, 9.17) is 0 Å². The molecule has 0 saturated carbocycles. The number of aromatic nitrogens is 2. The number of carbonyl (C=O) groups is 1. The van der Waals surface area contributed by atoms with Gasteiger partial charge in [0.2, 0.25) is 5.91 Å². The van der Waals surface area contributed by atoms with Crippen molar-refractivity contribution in [2.45, 2.75) is 39.3 Å². The van der Waals surface area contributed by atoms with E-state index in [1.54, 1.807) is 11.1 Å². The lowest BCUT2D eigenvalue weighted by Gasteiger charge is -2.17. The Hall–Kier alpha value is -2.69. The molecule has 1 aromatic heterocycles. The Morgan fingerprint density at radius 1 is 1.25 bits per heavy atom. The Balaban J connectivity index is 1.79. The van der Waals surface area contributed by atoms with Crippen LogP contribution in [0, 0.1) is 0 Å². The lowest BCUT2D eigenvalue weighted by molar-refractivity contribution is -0.126. The maximum absolute atomic E-state index is 11.8. The van der Waals surface area contributed by atoms with E-state index in [1.807, 2.05) is 12.1 Å². The van der Waals surface area contributed by atoms with E-state index in [0.717, 1.165) is 22.9 Å². The van der Waals surface area contributed by atoms with E-state index in [1.165, 1.54) is 11.6 Å². The highest BCUT2D eigenvalue weighted by molar-refractivity contribution is 5.87. The van der Waals surface area contributed by atoms with Crippen molar-refractivity contribution in [3.05, 3.63) is 60.1 Å². The van der Waals surface area contributed by atoms with Crippen LogP contribution in [0.1, 0.15) is 37.7 Å². The van der Waals surface area contributed by atoms with E-state index < -0.39 is 0 Å². The van der Waals surface area contributed by atoms with Gasteiger partial charge in [-0.05, 0) is 35.4 Å². The summed E-state index contributed by atoms with van der Waals surface area (Å²) in [6, 6.07) is 8.00. The number of nitrogens with zero attached hydrogens (tertiary/aromatic N) is 3. The van der Waals surface area contributed by atoms with Gasteiger partial charge in [0.05, 0.1) is 0 Å². The highest BCUT2D eigenvalue weighted by atomic mass is 16.2. The fraction of sp³-hybridized carbons (Fsp3) is 0.316. The highest BCUT2D eigenvalue weighted by Gasteiger charge is 2.22. The number of fused-ring (bicyclic) bond motifs is 1. The summed E-state index contributed by atoms with van der Waals surface area (Å²) in [5.74, 6) is 1.54. The van der Waals surface area contributed by atoms with Crippen LogP contribution in [-0.4, -0.2) is 20.8 Å². The number of carbonyl (C=O) groups excluding carboxylic acids is 1. The fourth-order valence-electron chi connectivity index (χ4n) is 2.69. The van der Waals surface area contributed by atoms with Gasteiger partial charge in [-0.1, -0.05) is 33.4 Å². The van der Waals surface area contributed by atoms with Crippen LogP contribution in [0.3, 0.4) is 0 Å². The predicted octanol–water partition coefficient (Wildman–Crippen LogP) is 3.55. The van der Waals surface area contributed by atoms with Gasteiger partial charge in [-0.25, -0.2) is 9.97 Å². The van der Waals surface area contributed by atoms with Gasteiger partial charge < -0.3 is 10.2 Å². The molecule has 24 heavy (non-hydrogen) atoms. The van der Waals surface area contributed by atoms with Crippen molar-refractivity contribution in [3.63, 3.8) is 0 Å². The van der Waals surface area contributed by atoms with Crippen LogP contribution >= 0.6 is 0 Å². The van der Waals surface area contributed by atoms with Gasteiger partial charge in [0.25, 0.3) is 0 Å². The van der Waals surface area contributed by atoms with E-state index in [-0.39, 0.29) is 11.3 Å². The summed E-state index contributed by atoms with van der Waals surface area (Å²) >= 11 is 0. The van der Waals surface area contributed by atoms with Gasteiger partial charge in [0.1, 0.15) is 11.6 Å². The molecule has 5 nitrogen and oxygen atoms in total. The number of nitrogens with one attached hydrogen (secondary N) is 1. The van der Waals surface area contributed by atoms with Crippen molar-refractivity contribution in [1.82, 2.24) is 14.9 Å². The molecule has 0 atom stereocenters. The summed E-state index contributed by atoms with van der Waals surface area (Å²) in [7, 11) is 0. The van der Waals surface area contributed by atoms with Crippen LogP contribution in [-0.2, 0) is 23.3 Å². The first kappa shape index (κ1) is 16.2. The number of benzene rings is 1. The predicted molar refractivity (Wildman–Crippen MR) is 94.9 cm³/mol. The first-order chi connectivity index (χ1) is 11.4. The second-order valence-corrected chi connectivity index (χ2v) is 7.02. The zero-order valence-electron chi connectivity index (χ0n) is 14.3. The van der Waals surface area contributed by atoms with Crippen LogP contribution in [0.15, 0.2) is 43.1 Å². The molecule has 2 heterocycles. The molecule has 124 valence electrons. The maximum Gasteiger partial charge on any atom is 0.246 e. The average Bonchev–Trinajstić information content (AvgIpc) is 2.97. The second kappa shape index (κ2) is 6.07. The summed E-state index contributed by atoms with van der Waals surface area (Å²) in [5.41, 5.74) is 3.19. The van der Waals surface area contributed by atoms with Gasteiger partial charge >= 0.3 is 0 Å². The Bertz CT molecular complexity index is 792. The number of amides is 1. The number of anilines is 2. The molecular formula is C19H22N4O. The van der Waals surface area contributed by atoms with Crippen molar-refractivity contribution >= 4 is 17.4 Å². The summed E-state index contributed by atoms with van der Waals surface area (Å²) < 4.78 is 0. The molecule has 0 saturated heterocycles. The molecule has 0 fully saturated rings. The van der Waals surface area contributed by atoms with E-state index in [0.29, 0.717) is 13.1 Å². The van der Waals surface area contributed by atoms with Gasteiger partial charge in [0, 0.05) is 30.4 Å². The van der Waals surface area contributed by atoms with Crippen molar-refractivity contribution in [2.75, 3.05) is 5.32 Å². The quantitative estimate of drug-likeness (QED) is 0.878. The molecule has 1 amide bonds. The molecule has 3 rings (SSSR count).